The van der Waals surface area contributed by atoms with E-state index in [4.69, 9.17) is 0 Å². The van der Waals surface area contributed by atoms with Crippen molar-refractivity contribution in [2.75, 3.05) is 50.7 Å². The fourth-order valence-electron chi connectivity index (χ4n) is 4.22. The van der Waals surface area contributed by atoms with Crippen molar-refractivity contribution < 1.29 is 14.4 Å². The predicted octanol–water partition coefficient (Wildman–Crippen LogP) is 1.46. The van der Waals surface area contributed by atoms with E-state index < -0.39 is 0 Å². The molecule has 0 bridgehead atoms. The number of nitrogens with one attached hydrogen (secondary N) is 1. The summed E-state index contributed by atoms with van der Waals surface area (Å²) >= 11 is 0. The van der Waals surface area contributed by atoms with Gasteiger partial charge in [0.1, 0.15) is 0 Å². The number of carbonyl (C=O) groups excluding carboxylic acids is 3. The van der Waals surface area contributed by atoms with Crippen molar-refractivity contribution in [1.29, 1.82) is 0 Å². The SMILES string of the molecule is Cc1ccccc1C(=O)NCC(=O)N1CCN(CC(=O)N2CCc3ccccc32)CC1. The van der Waals surface area contributed by atoms with Gasteiger partial charge in [0, 0.05) is 44.0 Å². The minimum atomic E-state index is -0.235. The van der Waals surface area contributed by atoms with E-state index in [1.807, 2.05) is 48.2 Å². The molecule has 1 N–H and O–H groups in total. The minimum absolute atomic E-state index is 0.0172. The number of piperazine rings is 1. The molecule has 3 amide bonds. The number of fused-ring (bicyclic) bond motifs is 1. The third-order valence-corrected chi connectivity index (χ3v) is 6.06. The van der Waals surface area contributed by atoms with Gasteiger partial charge >= 0.3 is 0 Å². The summed E-state index contributed by atoms with van der Waals surface area (Å²) in [6.45, 7) is 5.37. The summed E-state index contributed by atoms with van der Waals surface area (Å²) < 4.78 is 0. The van der Waals surface area contributed by atoms with Crippen LogP contribution in [0.15, 0.2) is 48.5 Å². The zero-order chi connectivity index (χ0) is 21.8. The highest BCUT2D eigenvalue weighted by Crippen LogP contribution is 2.27. The molecule has 0 aliphatic carbocycles. The summed E-state index contributed by atoms with van der Waals surface area (Å²) in [6, 6.07) is 15.4. The third kappa shape index (κ3) is 4.77. The molecule has 2 aliphatic rings. The van der Waals surface area contributed by atoms with Crippen LogP contribution in [0.2, 0.25) is 0 Å². The van der Waals surface area contributed by atoms with Crippen molar-refractivity contribution in [3.05, 3.63) is 65.2 Å². The fourth-order valence-corrected chi connectivity index (χ4v) is 4.22. The van der Waals surface area contributed by atoms with Gasteiger partial charge in [-0.25, -0.2) is 0 Å². The van der Waals surface area contributed by atoms with E-state index >= 15 is 0 Å². The number of amides is 3. The van der Waals surface area contributed by atoms with Crippen LogP contribution >= 0.6 is 0 Å². The molecule has 2 aliphatic heterocycles. The number of rotatable bonds is 5. The molecule has 162 valence electrons. The highest BCUT2D eigenvalue weighted by Gasteiger charge is 2.28. The van der Waals surface area contributed by atoms with Gasteiger partial charge in [-0.2, -0.15) is 0 Å². The van der Waals surface area contributed by atoms with Crippen molar-refractivity contribution >= 4 is 23.4 Å². The Morgan fingerprint density at radius 1 is 0.871 bits per heavy atom. The molecule has 4 rings (SSSR count). The molecule has 0 radical (unpaired) electrons. The molecule has 2 heterocycles. The summed E-state index contributed by atoms with van der Waals surface area (Å²) in [6.07, 6.45) is 0.901. The first-order chi connectivity index (χ1) is 15.0. The maximum absolute atomic E-state index is 12.8. The normalized spacial score (nSPS) is 16.2. The van der Waals surface area contributed by atoms with E-state index in [9.17, 15) is 14.4 Å². The molecule has 1 fully saturated rings. The first-order valence-electron chi connectivity index (χ1n) is 10.7. The molecule has 0 unspecified atom stereocenters. The number of hydrogen-bond donors (Lipinski definition) is 1. The average Bonchev–Trinajstić information content (AvgIpc) is 3.22. The lowest BCUT2D eigenvalue weighted by Gasteiger charge is -2.35. The Hall–Kier alpha value is -3.19. The quantitative estimate of drug-likeness (QED) is 0.795. The van der Waals surface area contributed by atoms with Gasteiger partial charge in [0.25, 0.3) is 5.91 Å². The zero-order valence-electron chi connectivity index (χ0n) is 17.8. The predicted molar refractivity (Wildman–Crippen MR) is 119 cm³/mol. The van der Waals surface area contributed by atoms with Gasteiger partial charge in [0.2, 0.25) is 11.8 Å². The van der Waals surface area contributed by atoms with Gasteiger partial charge in [-0.3, -0.25) is 19.3 Å². The van der Waals surface area contributed by atoms with E-state index in [-0.39, 0.29) is 24.3 Å². The van der Waals surface area contributed by atoms with Crippen LogP contribution in [0, 0.1) is 6.92 Å². The Morgan fingerprint density at radius 3 is 2.35 bits per heavy atom. The van der Waals surface area contributed by atoms with Gasteiger partial charge in [-0.1, -0.05) is 36.4 Å². The molecule has 7 heteroatoms. The largest absolute Gasteiger partial charge is 0.343 e. The van der Waals surface area contributed by atoms with Gasteiger partial charge in [0.15, 0.2) is 0 Å². The number of hydrogen-bond acceptors (Lipinski definition) is 4. The second-order valence-corrected chi connectivity index (χ2v) is 8.08. The van der Waals surface area contributed by atoms with Crippen LogP contribution in [0.25, 0.3) is 0 Å². The molecule has 2 aromatic carbocycles. The summed E-state index contributed by atoms with van der Waals surface area (Å²) in [7, 11) is 0. The summed E-state index contributed by atoms with van der Waals surface area (Å²) in [5.74, 6) is -0.224. The standard InChI is InChI=1S/C24H28N4O3/c1-18-6-2-4-8-20(18)24(31)25-16-22(29)27-14-12-26(13-15-27)17-23(30)28-11-10-19-7-3-5-9-21(19)28/h2-9H,10-17H2,1H3,(H,25,31). The highest BCUT2D eigenvalue weighted by atomic mass is 16.2. The van der Waals surface area contributed by atoms with Crippen molar-refractivity contribution in [2.24, 2.45) is 0 Å². The average molecular weight is 421 g/mol. The van der Waals surface area contributed by atoms with Crippen LogP contribution in [-0.2, 0) is 16.0 Å². The van der Waals surface area contributed by atoms with Crippen LogP contribution in [0.3, 0.4) is 0 Å². The number of benzene rings is 2. The maximum Gasteiger partial charge on any atom is 0.251 e. The van der Waals surface area contributed by atoms with Crippen LogP contribution in [-0.4, -0.2) is 73.3 Å². The first kappa shape index (κ1) is 21.1. The summed E-state index contributed by atoms with van der Waals surface area (Å²) in [4.78, 5) is 43.3. The van der Waals surface area contributed by atoms with E-state index in [2.05, 4.69) is 16.3 Å². The number of aryl methyl sites for hydroxylation is 1. The van der Waals surface area contributed by atoms with Gasteiger partial charge in [-0.15, -0.1) is 0 Å². The second kappa shape index (κ2) is 9.31. The Bertz CT molecular complexity index is 982. The molecule has 0 saturated carbocycles. The van der Waals surface area contributed by atoms with E-state index in [1.165, 1.54) is 5.56 Å². The molecule has 2 aromatic rings. The van der Waals surface area contributed by atoms with Crippen LogP contribution < -0.4 is 10.2 Å². The number of nitrogens with zero attached hydrogens (tertiary/aromatic N) is 3. The lowest BCUT2D eigenvalue weighted by atomic mass is 10.1. The third-order valence-electron chi connectivity index (χ3n) is 6.06. The lowest BCUT2D eigenvalue weighted by Crippen LogP contribution is -2.53. The Kier molecular flexibility index (Phi) is 6.32. The Labute approximate surface area is 182 Å². The van der Waals surface area contributed by atoms with Crippen molar-refractivity contribution in [1.82, 2.24) is 15.1 Å². The maximum atomic E-state index is 12.8. The minimum Gasteiger partial charge on any atom is -0.343 e. The van der Waals surface area contributed by atoms with Crippen LogP contribution in [0.1, 0.15) is 21.5 Å². The van der Waals surface area contributed by atoms with Gasteiger partial charge < -0.3 is 15.1 Å². The van der Waals surface area contributed by atoms with Crippen molar-refractivity contribution in [2.45, 2.75) is 13.3 Å². The van der Waals surface area contributed by atoms with E-state index in [0.29, 0.717) is 38.3 Å². The monoisotopic (exact) mass is 420 g/mol. The lowest BCUT2D eigenvalue weighted by molar-refractivity contribution is -0.132. The second-order valence-electron chi connectivity index (χ2n) is 8.08. The van der Waals surface area contributed by atoms with Crippen molar-refractivity contribution in [3.63, 3.8) is 0 Å². The topological polar surface area (TPSA) is 73.0 Å². The molecular weight excluding hydrogens is 392 g/mol. The van der Waals surface area contributed by atoms with Crippen LogP contribution in [0.5, 0.6) is 0 Å². The zero-order valence-corrected chi connectivity index (χ0v) is 17.8. The van der Waals surface area contributed by atoms with E-state index in [1.54, 1.807) is 11.0 Å². The molecule has 31 heavy (non-hydrogen) atoms. The number of anilines is 1. The highest BCUT2D eigenvalue weighted by molar-refractivity contribution is 5.98. The molecule has 0 spiro atoms. The molecule has 0 atom stereocenters. The van der Waals surface area contributed by atoms with Gasteiger partial charge in [0.05, 0.1) is 13.1 Å². The number of para-hydroxylation sites is 1. The first-order valence-corrected chi connectivity index (χ1v) is 10.7. The number of carbonyl (C=O) groups is 3. The summed E-state index contributed by atoms with van der Waals surface area (Å²) in [5, 5.41) is 2.72. The summed E-state index contributed by atoms with van der Waals surface area (Å²) in [5.41, 5.74) is 3.71. The molecular formula is C24H28N4O3. The molecule has 0 aromatic heterocycles. The van der Waals surface area contributed by atoms with Crippen LogP contribution in [0.4, 0.5) is 5.69 Å². The van der Waals surface area contributed by atoms with Crippen molar-refractivity contribution in [3.8, 4) is 0 Å². The smallest absolute Gasteiger partial charge is 0.251 e. The van der Waals surface area contributed by atoms with E-state index in [0.717, 1.165) is 24.2 Å². The van der Waals surface area contributed by atoms with Gasteiger partial charge in [-0.05, 0) is 36.6 Å². The molecule has 1 saturated heterocycles. The Morgan fingerprint density at radius 2 is 1.58 bits per heavy atom. The Balaban J connectivity index is 1.22. The fraction of sp³-hybridized carbons (Fsp3) is 0.375. The molecule has 7 nitrogen and oxygen atoms in total.